The highest BCUT2D eigenvalue weighted by Crippen LogP contribution is 2.23. The van der Waals surface area contributed by atoms with E-state index in [4.69, 9.17) is 11.6 Å². The molecule has 17 heavy (non-hydrogen) atoms. The summed E-state index contributed by atoms with van der Waals surface area (Å²) in [5.74, 6) is 0.198. The van der Waals surface area contributed by atoms with Gasteiger partial charge in [-0.1, -0.05) is 25.4 Å². The summed E-state index contributed by atoms with van der Waals surface area (Å²) < 4.78 is 27.3. The van der Waals surface area contributed by atoms with E-state index in [1.165, 1.54) is 12.3 Å². The van der Waals surface area contributed by atoms with Gasteiger partial charge in [-0.15, -0.1) is 0 Å². The monoisotopic (exact) mass is 340 g/mol. The second kappa shape index (κ2) is 5.65. The molecule has 0 saturated heterocycles. The Kier molecular flexibility index (Phi) is 4.95. The minimum absolute atomic E-state index is 0.0129. The van der Waals surface area contributed by atoms with E-state index in [1.54, 1.807) is 0 Å². The first-order valence-corrected chi connectivity index (χ1v) is 7.73. The third-order valence-electron chi connectivity index (χ3n) is 2.40. The summed E-state index contributed by atoms with van der Waals surface area (Å²) in [6.45, 7) is 5.68. The van der Waals surface area contributed by atoms with Crippen LogP contribution in [0.5, 0.6) is 0 Å². The summed E-state index contributed by atoms with van der Waals surface area (Å²) in [6.07, 6.45) is 1.45. The molecule has 0 spiro atoms. The lowest BCUT2D eigenvalue weighted by molar-refractivity contribution is 0.476. The van der Waals surface area contributed by atoms with Crippen LogP contribution in [0.4, 0.5) is 0 Å². The molecule has 1 rings (SSSR count). The Morgan fingerprint density at radius 1 is 1.41 bits per heavy atom. The van der Waals surface area contributed by atoms with E-state index in [9.17, 15) is 8.42 Å². The number of hydrogen-bond donors (Lipinski definition) is 1. The van der Waals surface area contributed by atoms with Gasteiger partial charge in [0.2, 0.25) is 10.0 Å². The van der Waals surface area contributed by atoms with Crippen molar-refractivity contribution in [2.75, 3.05) is 0 Å². The van der Waals surface area contributed by atoms with Crippen molar-refractivity contribution in [1.82, 2.24) is 9.71 Å². The van der Waals surface area contributed by atoms with Crippen molar-refractivity contribution in [3.05, 3.63) is 21.9 Å². The molecule has 0 radical (unpaired) electrons. The molecule has 0 amide bonds. The molecule has 1 heterocycles. The highest BCUT2D eigenvalue weighted by molar-refractivity contribution is 9.10. The molecular formula is C10H14BrClN2O2S. The molecule has 0 aliphatic carbocycles. The van der Waals surface area contributed by atoms with Crippen LogP contribution in [0.1, 0.15) is 20.8 Å². The number of rotatable bonds is 4. The van der Waals surface area contributed by atoms with Gasteiger partial charge in [-0.2, -0.15) is 0 Å². The van der Waals surface area contributed by atoms with Crippen LogP contribution in [0.25, 0.3) is 0 Å². The summed E-state index contributed by atoms with van der Waals surface area (Å²) >= 11 is 8.96. The van der Waals surface area contributed by atoms with Gasteiger partial charge in [0.05, 0.1) is 0 Å². The molecule has 1 N–H and O–H groups in total. The predicted molar refractivity (Wildman–Crippen MR) is 71.6 cm³/mol. The lowest BCUT2D eigenvalue weighted by Gasteiger charge is -2.17. The third-order valence-corrected chi connectivity index (χ3v) is 4.82. The Hall–Kier alpha value is -0.170. The van der Waals surface area contributed by atoms with Crippen LogP contribution < -0.4 is 4.72 Å². The normalized spacial score (nSPS) is 14.0. The zero-order valence-corrected chi connectivity index (χ0v) is 12.9. The maximum Gasteiger partial charge on any atom is 0.243 e. The van der Waals surface area contributed by atoms with Gasteiger partial charge in [-0.25, -0.2) is 18.1 Å². The highest BCUT2D eigenvalue weighted by atomic mass is 79.9. The molecule has 7 heteroatoms. The zero-order chi connectivity index (χ0) is 13.2. The molecular weight excluding hydrogens is 328 g/mol. The zero-order valence-electron chi connectivity index (χ0n) is 9.74. The molecule has 0 aromatic carbocycles. The van der Waals surface area contributed by atoms with Crippen molar-refractivity contribution >= 4 is 37.6 Å². The average molecular weight is 342 g/mol. The quantitative estimate of drug-likeness (QED) is 0.857. The van der Waals surface area contributed by atoms with Crippen molar-refractivity contribution < 1.29 is 8.42 Å². The standard InChI is InChI=1S/C10H14BrClN2O2S/c1-6(2)7(3)14-17(15,16)9-4-8(11)5-13-10(9)12/h4-7,14H,1-3H3. The number of halogens is 2. The Morgan fingerprint density at radius 3 is 2.53 bits per heavy atom. The first kappa shape index (κ1) is 14.9. The molecule has 1 aromatic rings. The fourth-order valence-electron chi connectivity index (χ4n) is 1.04. The van der Waals surface area contributed by atoms with Gasteiger partial charge in [0.15, 0.2) is 0 Å². The van der Waals surface area contributed by atoms with E-state index < -0.39 is 10.0 Å². The van der Waals surface area contributed by atoms with Crippen LogP contribution in [0.2, 0.25) is 5.15 Å². The number of nitrogens with one attached hydrogen (secondary N) is 1. The predicted octanol–water partition coefficient (Wildman–Crippen LogP) is 2.82. The smallest absolute Gasteiger partial charge is 0.242 e. The largest absolute Gasteiger partial charge is 0.243 e. The first-order chi connectivity index (χ1) is 7.74. The minimum atomic E-state index is -3.63. The lowest BCUT2D eigenvalue weighted by Crippen LogP contribution is -2.36. The van der Waals surface area contributed by atoms with Crippen molar-refractivity contribution in [3.8, 4) is 0 Å². The van der Waals surface area contributed by atoms with E-state index >= 15 is 0 Å². The molecule has 0 aliphatic rings. The number of hydrogen-bond acceptors (Lipinski definition) is 3. The fraction of sp³-hybridized carbons (Fsp3) is 0.500. The van der Waals surface area contributed by atoms with Crippen molar-refractivity contribution in [1.29, 1.82) is 0 Å². The number of pyridine rings is 1. The molecule has 1 atom stereocenters. The van der Waals surface area contributed by atoms with Crippen LogP contribution in [-0.2, 0) is 10.0 Å². The molecule has 0 bridgehead atoms. The second-order valence-corrected chi connectivity index (χ2v) is 7.05. The third kappa shape index (κ3) is 3.91. The fourth-order valence-corrected chi connectivity index (χ4v) is 3.37. The van der Waals surface area contributed by atoms with Gasteiger partial charge in [-0.3, -0.25) is 0 Å². The van der Waals surface area contributed by atoms with Gasteiger partial charge < -0.3 is 0 Å². The molecule has 96 valence electrons. The molecule has 0 saturated carbocycles. The SMILES string of the molecule is CC(C)C(C)NS(=O)(=O)c1cc(Br)cnc1Cl. The molecule has 1 aromatic heterocycles. The van der Waals surface area contributed by atoms with Gasteiger partial charge >= 0.3 is 0 Å². The van der Waals surface area contributed by atoms with E-state index in [-0.39, 0.29) is 22.0 Å². The lowest BCUT2D eigenvalue weighted by atomic mass is 10.1. The van der Waals surface area contributed by atoms with Crippen molar-refractivity contribution in [2.24, 2.45) is 5.92 Å². The molecule has 0 fully saturated rings. The number of aromatic nitrogens is 1. The van der Waals surface area contributed by atoms with Gasteiger partial charge in [0, 0.05) is 16.7 Å². The first-order valence-electron chi connectivity index (χ1n) is 5.07. The summed E-state index contributed by atoms with van der Waals surface area (Å²) in [4.78, 5) is 3.78. The van der Waals surface area contributed by atoms with Crippen molar-refractivity contribution in [2.45, 2.75) is 31.7 Å². The van der Waals surface area contributed by atoms with Crippen LogP contribution in [0.15, 0.2) is 21.6 Å². The molecule has 1 unspecified atom stereocenters. The Balaban J connectivity index is 3.09. The minimum Gasteiger partial charge on any atom is -0.242 e. The summed E-state index contributed by atoms with van der Waals surface area (Å²) in [5.41, 5.74) is 0. The maximum absolute atomic E-state index is 12.1. The van der Waals surface area contributed by atoms with E-state index in [2.05, 4.69) is 25.6 Å². The topological polar surface area (TPSA) is 59.1 Å². The Morgan fingerprint density at radius 2 is 2.00 bits per heavy atom. The van der Waals surface area contributed by atoms with E-state index in [1.807, 2.05) is 20.8 Å². The van der Waals surface area contributed by atoms with Gasteiger partial charge in [0.1, 0.15) is 10.0 Å². The Bertz CT molecular complexity index is 505. The van der Waals surface area contributed by atoms with Crippen LogP contribution in [0.3, 0.4) is 0 Å². The molecule has 0 aliphatic heterocycles. The van der Waals surface area contributed by atoms with Crippen LogP contribution >= 0.6 is 27.5 Å². The van der Waals surface area contributed by atoms with E-state index in [0.29, 0.717) is 4.47 Å². The highest BCUT2D eigenvalue weighted by Gasteiger charge is 2.22. The van der Waals surface area contributed by atoms with Crippen LogP contribution in [0, 0.1) is 5.92 Å². The maximum atomic E-state index is 12.1. The summed E-state index contributed by atoms with van der Waals surface area (Å²) in [7, 11) is -3.63. The molecule has 4 nitrogen and oxygen atoms in total. The van der Waals surface area contributed by atoms with Crippen LogP contribution in [-0.4, -0.2) is 19.4 Å². The second-order valence-electron chi connectivity index (χ2n) is 4.10. The summed E-state index contributed by atoms with van der Waals surface area (Å²) in [6, 6.07) is 1.26. The average Bonchev–Trinajstić information content (AvgIpc) is 2.20. The van der Waals surface area contributed by atoms with E-state index in [0.717, 1.165) is 0 Å². The number of nitrogens with zero attached hydrogens (tertiary/aromatic N) is 1. The van der Waals surface area contributed by atoms with Gasteiger partial charge in [0.25, 0.3) is 0 Å². The Labute approximate surface area is 115 Å². The number of sulfonamides is 1. The van der Waals surface area contributed by atoms with Crippen molar-refractivity contribution in [3.63, 3.8) is 0 Å². The van der Waals surface area contributed by atoms with Gasteiger partial charge in [-0.05, 0) is 34.8 Å². The summed E-state index contributed by atoms with van der Waals surface area (Å²) in [5, 5.41) is -0.0309.